The van der Waals surface area contributed by atoms with Gasteiger partial charge in [0.2, 0.25) is 0 Å². The summed E-state index contributed by atoms with van der Waals surface area (Å²) < 4.78 is 0. The molecule has 0 aromatic heterocycles. The average Bonchev–Trinajstić information content (AvgIpc) is 2.85. The highest BCUT2D eigenvalue weighted by atomic mass is 16.3. The van der Waals surface area contributed by atoms with Crippen LogP contribution in [0.1, 0.15) is 64.7 Å². The second-order valence-electron chi connectivity index (χ2n) is 5.76. The number of rotatable bonds is 6. The fraction of sp³-hybridized carbons (Fsp3) is 1.00. The maximum absolute atomic E-state index is 10.2. The van der Waals surface area contributed by atoms with Gasteiger partial charge in [0, 0.05) is 0 Å². The van der Waals surface area contributed by atoms with E-state index < -0.39 is 0 Å². The van der Waals surface area contributed by atoms with Crippen molar-refractivity contribution >= 4 is 0 Å². The van der Waals surface area contributed by atoms with Gasteiger partial charge in [0.05, 0.1) is 6.10 Å². The highest BCUT2D eigenvalue weighted by Crippen LogP contribution is 2.50. The van der Waals surface area contributed by atoms with Crippen LogP contribution in [0.4, 0.5) is 0 Å². The summed E-state index contributed by atoms with van der Waals surface area (Å²) in [6.07, 6.45) is 11.9. The van der Waals surface area contributed by atoms with Gasteiger partial charge in [-0.2, -0.15) is 0 Å². The molecule has 15 heavy (non-hydrogen) atoms. The van der Waals surface area contributed by atoms with Gasteiger partial charge in [-0.3, -0.25) is 0 Å². The van der Waals surface area contributed by atoms with Gasteiger partial charge in [0.15, 0.2) is 0 Å². The molecule has 88 valence electrons. The van der Waals surface area contributed by atoms with Crippen LogP contribution in [0.5, 0.6) is 0 Å². The van der Waals surface area contributed by atoms with E-state index in [1.54, 1.807) is 0 Å². The van der Waals surface area contributed by atoms with E-state index in [-0.39, 0.29) is 6.10 Å². The normalized spacial score (nSPS) is 36.0. The van der Waals surface area contributed by atoms with Crippen LogP contribution in [0.2, 0.25) is 0 Å². The van der Waals surface area contributed by atoms with Gasteiger partial charge in [-0.05, 0) is 43.4 Å². The predicted molar refractivity (Wildman–Crippen MR) is 63.7 cm³/mol. The zero-order valence-electron chi connectivity index (χ0n) is 10.1. The van der Waals surface area contributed by atoms with E-state index in [0.717, 1.165) is 18.3 Å². The molecule has 0 aliphatic heterocycles. The smallest absolute Gasteiger partial charge is 0.0571 e. The van der Waals surface area contributed by atoms with Crippen molar-refractivity contribution in [1.82, 2.24) is 0 Å². The molecule has 1 heteroatoms. The quantitative estimate of drug-likeness (QED) is 0.662. The van der Waals surface area contributed by atoms with E-state index in [0.29, 0.717) is 5.92 Å². The molecule has 2 fully saturated rings. The lowest BCUT2D eigenvalue weighted by molar-refractivity contribution is 0.0652. The summed E-state index contributed by atoms with van der Waals surface area (Å²) in [6.45, 7) is 2.24. The second-order valence-corrected chi connectivity index (χ2v) is 5.76. The van der Waals surface area contributed by atoms with Crippen LogP contribution in [-0.4, -0.2) is 11.2 Å². The van der Waals surface area contributed by atoms with Crippen LogP contribution < -0.4 is 0 Å². The monoisotopic (exact) mass is 210 g/mol. The van der Waals surface area contributed by atoms with Gasteiger partial charge < -0.3 is 5.11 Å². The third kappa shape index (κ3) is 2.75. The highest BCUT2D eigenvalue weighted by Gasteiger charge is 2.42. The lowest BCUT2D eigenvalue weighted by Gasteiger charge is -2.26. The lowest BCUT2D eigenvalue weighted by Crippen LogP contribution is -2.25. The molecule has 2 saturated carbocycles. The van der Waals surface area contributed by atoms with E-state index in [9.17, 15) is 5.11 Å². The van der Waals surface area contributed by atoms with Crippen molar-refractivity contribution in [2.75, 3.05) is 0 Å². The van der Waals surface area contributed by atoms with Crippen LogP contribution in [0.15, 0.2) is 0 Å². The van der Waals surface area contributed by atoms with Crippen LogP contribution in [0.25, 0.3) is 0 Å². The molecule has 4 atom stereocenters. The van der Waals surface area contributed by atoms with Crippen LogP contribution in [0, 0.1) is 17.8 Å². The SMILES string of the molecule is CCCCCC[C@@H](O)C1CC2CCC1C2. The van der Waals surface area contributed by atoms with Crippen molar-refractivity contribution in [1.29, 1.82) is 0 Å². The van der Waals surface area contributed by atoms with Crippen LogP contribution >= 0.6 is 0 Å². The van der Waals surface area contributed by atoms with Gasteiger partial charge in [-0.1, -0.05) is 39.0 Å². The van der Waals surface area contributed by atoms with Crippen molar-refractivity contribution in [2.24, 2.45) is 17.8 Å². The Labute approximate surface area is 94.3 Å². The molecule has 0 radical (unpaired) electrons. The van der Waals surface area contributed by atoms with Crippen molar-refractivity contribution in [2.45, 2.75) is 70.8 Å². The number of hydrogen-bond donors (Lipinski definition) is 1. The van der Waals surface area contributed by atoms with Gasteiger partial charge >= 0.3 is 0 Å². The largest absolute Gasteiger partial charge is 0.393 e. The average molecular weight is 210 g/mol. The molecule has 1 nitrogen and oxygen atoms in total. The van der Waals surface area contributed by atoms with Gasteiger partial charge in [-0.15, -0.1) is 0 Å². The fourth-order valence-corrected chi connectivity index (χ4v) is 3.76. The maximum Gasteiger partial charge on any atom is 0.0571 e. The van der Waals surface area contributed by atoms with Crippen molar-refractivity contribution in [3.05, 3.63) is 0 Å². The maximum atomic E-state index is 10.2. The zero-order valence-corrected chi connectivity index (χ0v) is 10.1. The predicted octanol–water partition coefficient (Wildman–Crippen LogP) is 3.75. The first kappa shape index (κ1) is 11.4. The van der Waals surface area contributed by atoms with E-state index in [2.05, 4.69) is 6.92 Å². The lowest BCUT2D eigenvalue weighted by atomic mass is 9.83. The molecule has 1 N–H and O–H groups in total. The molecule has 0 amide bonds. The fourth-order valence-electron chi connectivity index (χ4n) is 3.76. The second kappa shape index (κ2) is 5.34. The molecule has 2 aliphatic carbocycles. The van der Waals surface area contributed by atoms with Gasteiger partial charge in [-0.25, -0.2) is 0 Å². The van der Waals surface area contributed by atoms with Crippen molar-refractivity contribution in [3.8, 4) is 0 Å². The number of hydrogen-bond acceptors (Lipinski definition) is 1. The Bertz CT molecular complexity index is 190. The summed E-state index contributed by atoms with van der Waals surface area (Å²) in [5.41, 5.74) is 0. The van der Waals surface area contributed by atoms with Crippen molar-refractivity contribution in [3.63, 3.8) is 0 Å². The molecule has 2 rings (SSSR count). The van der Waals surface area contributed by atoms with Crippen molar-refractivity contribution < 1.29 is 5.11 Å². The van der Waals surface area contributed by atoms with Gasteiger partial charge in [0.25, 0.3) is 0 Å². The molecule has 2 aliphatic rings. The topological polar surface area (TPSA) is 20.2 Å². The van der Waals surface area contributed by atoms with Crippen LogP contribution in [0.3, 0.4) is 0 Å². The first-order valence-electron chi connectivity index (χ1n) is 6.99. The first-order valence-corrected chi connectivity index (χ1v) is 6.99. The van der Waals surface area contributed by atoms with E-state index in [1.165, 1.54) is 51.4 Å². The minimum Gasteiger partial charge on any atom is -0.393 e. The molecule has 0 aromatic carbocycles. The standard InChI is InChI=1S/C14H26O/c1-2-3-4-5-6-14(15)13-10-11-7-8-12(13)9-11/h11-15H,2-10H2,1H3/t11?,12?,13?,14-/m1/s1. The van der Waals surface area contributed by atoms with Gasteiger partial charge in [0.1, 0.15) is 0 Å². The first-order chi connectivity index (χ1) is 7.31. The van der Waals surface area contributed by atoms with E-state index >= 15 is 0 Å². The number of aliphatic hydroxyl groups excluding tert-OH is 1. The summed E-state index contributed by atoms with van der Waals surface area (Å²) >= 11 is 0. The number of unbranched alkanes of at least 4 members (excludes halogenated alkanes) is 3. The molecule has 3 unspecified atom stereocenters. The third-order valence-electron chi connectivity index (χ3n) is 4.64. The molecular weight excluding hydrogens is 184 g/mol. The number of aliphatic hydroxyl groups is 1. The Kier molecular flexibility index (Phi) is 4.07. The number of fused-ring (bicyclic) bond motifs is 2. The van der Waals surface area contributed by atoms with E-state index in [1.807, 2.05) is 0 Å². The minimum absolute atomic E-state index is 0.0251. The summed E-state index contributed by atoms with van der Waals surface area (Å²) in [6, 6.07) is 0. The Morgan fingerprint density at radius 3 is 2.60 bits per heavy atom. The summed E-state index contributed by atoms with van der Waals surface area (Å²) in [5, 5.41) is 10.2. The summed E-state index contributed by atoms with van der Waals surface area (Å²) in [7, 11) is 0. The third-order valence-corrected chi connectivity index (χ3v) is 4.64. The minimum atomic E-state index is 0.0251. The zero-order chi connectivity index (χ0) is 10.7. The molecule has 0 heterocycles. The van der Waals surface area contributed by atoms with E-state index in [4.69, 9.17) is 0 Å². The summed E-state index contributed by atoms with van der Waals surface area (Å²) in [5.74, 6) is 2.53. The van der Waals surface area contributed by atoms with Crippen LogP contribution in [-0.2, 0) is 0 Å². The Hall–Kier alpha value is -0.0400. The summed E-state index contributed by atoms with van der Waals surface area (Å²) in [4.78, 5) is 0. The highest BCUT2D eigenvalue weighted by molar-refractivity contribution is 4.92. The molecule has 0 spiro atoms. The Morgan fingerprint density at radius 1 is 1.13 bits per heavy atom. The molecule has 2 bridgehead atoms. The molecule has 0 saturated heterocycles. The molecular formula is C14H26O. The molecule has 0 aromatic rings. The Morgan fingerprint density at radius 2 is 2.00 bits per heavy atom. The Balaban J connectivity index is 1.65.